The Morgan fingerprint density at radius 1 is 1.14 bits per heavy atom. The lowest BCUT2D eigenvalue weighted by atomic mass is 9.71. The second-order valence-corrected chi connectivity index (χ2v) is 9.25. The zero-order chi connectivity index (χ0) is 15.7. The third kappa shape index (κ3) is 4.21. The summed E-state index contributed by atoms with van der Waals surface area (Å²) in [4.78, 5) is 13.8. The number of likely N-dealkylation sites (tertiary alicyclic amines) is 1. The number of piperidine rings is 1. The third-order valence-corrected chi connectivity index (χ3v) is 6.12. The second-order valence-electron chi connectivity index (χ2n) is 7.07. The van der Waals surface area contributed by atoms with Crippen molar-refractivity contribution in [3.05, 3.63) is 0 Å². The quantitative estimate of drug-likeness (QED) is 0.596. The largest absolute Gasteiger partial charge is 0.444 e. The van der Waals surface area contributed by atoms with Gasteiger partial charge in [0.05, 0.1) is 0 Å². The predicted molar refractivity (Wildman–Crippen MR) is 86.4 cm³/mol. The Morgan fingerprint density at radius 2 is 1.67 bits per heavy atom. The van der Waals surface area contributed by atoms with E-state index < -0.39 is 9.68 Å². The summed E-state index contributed by atoms with van der Waals surface area (Å²) in [6.07, 6.45) is 3.41. The number of amides is 1. The van der Waals surface area contributed by atoms with Crippen molar-refractivity contribution in [3.8, 4) is 0 Å². The number of hydrogen-bond donors (Lipinski definition) is 2. The van der Waals surface area contributed by atoms with E-state index in [0.29, 0.717) is 11.8 Å². The minimum atomic E-state index is -0.446. The van der Waals surface area contributed by atoms with Crippen LogP contribution in [0.3, 0.4) is 0 Å². The third-order valence-electron chi connectivity index (χ3n) is 4.34. The summed E-state index contributed by atoms with van der Waals surface area (Å²) in [6, 6.07) is 0. The van der Waals surface area contributed by atoms with Crippen LogP contribution < -0.4 is 0 Å². The zero-order valence-electron chi connectivity index (χ0n) is 12.9. The Morgan fingerprint density at radius 3 is 2.10 bits per heavy atom. The lowest BCUT2D eigenvalue weighted by molar-refractivity contribution is 0.0129. The first kappa shape index (κ1) is 17.2. The van der Waals surface area contributed by atoms with Gasteiger partial charge in [-0.05, 0) is 58.3 Å². The van der Waals surface area contributed by atoms with Crippen molar-refractivity contribution < 1.29 is 18.6 Å². The molecule has 2 N–H and O–H groups in total. The van der Waals surface area contributed by atoms with E-state index >= 15 is 0 Å². The van der Waals surface area contributed by atoms with Crippen LogP contribution in [-0.2, 0) is 4.74 Å². The highest BCUT2D eigenvalue weighted by atomic mass is 32.2. The fraction of sp³-hybridized carbons (Fsp3) is 0.929. The molecule has 0 aromatic carbocycles. The molecule has 122 valence electrons. The van der Waals surface area contributed by atoms with Crippen molar-refractivity contribution in [1.29, 1.82) is 0 Å². The monoisotopic (exact) mass is 335 g/mol. The molecular weight excluding hydrogens is 310 g/mol. The van der Waals surface area contributed by atoms with Gasteiger partial charge in [-0.1, -0.05) is 0 Å². The maximum absolute atomic E-state index is 12.0. The number of nitrogens with zero attached hydrogens (tertiary/aromatic N) is 1. The highest BCUT2D eigenvalue weighted by Crippen LogP contribution is 2.56. The number of rotatable bonds is 3. The topological polar surface area (TPSA) is 70.0 Å². The Bertz CT molecular complexity index is 366. The van der Waals surface area contributed by atoms with E-state index in [0.717, 1.165) is 62.9 Å². The second kappa shape index (κ2) is 6.56. The van der Waals surface area contributed by atoms with Gasteiger partial charge in [-0.2, -0.15) is 0 Å². The van der Waals surface area contributed by atoms with Gasteiger partial charge >= 0.3 is 6.09 Å². The molecular formula is C14H25NO4S2. The van der Waals surface area contributed by atoms with Crippen molar-refractivity contribution in [2.45, 2.75) is 56.1 Å². The summed E-state index contributed by atoms with van der Waals surface area (Å²) in [5, 5.41) is 0. The lowest BCUT2D eigenvalue weighted by Gasteiger charge is -2.48. The number of ether oxygens (including phenoxy) is 1. The van der Waals surface area contributed by atoms with Gasteiger partial charge in [-0.3, -0.25) is 0 Å². The highest BCUT2D eigenvalue weighted by molar-refractivity contribution is 8.13. The van der Waals surface area contributed by atoms with Crippen LogP contribution in [0.1, 0.15) is 46.5 Å². The van der Waals surface area contributed by atoms with Gasteiger partial charge in [-0.25, -0.2) is 4.79 Å². The molecule has 0 radical (unpaired) electrons. The number of carbonyl (C=O) groups is 1. The fourth-order valence-electron chi connectivity index (χ4n) is 3.12. The maximum Gasteiger partial charge on any atom is 0.410 e. The summed E-state index contributed by atoms with van der Waals surface area (Å²) in [5.74, 6) is 1.13. The molecule has 1 saturated heterocycles. The summed E-state index contributed by atoms with van der Waals surface area (Å²) in [6.45, 7) is 7.11. The molecule has 0 spiro atoms. The van der Waals surface area contributed by atoms with Crippen molar-refractivity contribution in [2.24, 2.45) is 11.8 Å². The Hall–Kier alpha value is -0.110. The van der Waals surface area contributed by atoms with E-state index in [1.54, 1.807) is 4.90 Å². The first-order chi connectivity index (χ1) is 9.78. The van der Waals surface area contributed by atoms with Crippen LogP contribution in [0.2, 0.25) is 0 Å². The van der Waals surface area contributed by atoms with Gasteiger partial charge in [0.15, 0.2) is 0 Å². The molecule has 2 aliphatic rings. The van der Waals surface area contributed by atoms with Gasteiger partial charge in [0.25, 0.3) is 0 Å². The molecule has 1 saturated carbocycles. The van der Waals surface area contributed by atoms with Crippen LogP contribution in [0.4, 0.5) is 4.79 Å². The minimum Gasteiger partial charge on any atom is -0.444 e. The standard InChI is InChI=1S/C14H25NO4S2/c1-13(2,3)19-12(16)15-6-4-10(5-7-15)11-8-14(9-11,20-17)21-18/h10-11,17-18H,4-9H2,1-3H3. The molecule has 2 fully saturated rings. The molecule has 0 aromatic heterocycles. The van der Waals surface area contributed by atoms with Crippen LogP contribution >= 0.6 is 24.1 Å². The van der Waals surface area contributed by atoms with E-state index in [1.807, 2.05) is 20.8 Å². The van der Waals surface area contributed by atoms with Crippen LogP contribution in [0.15, 0.2) is 0 Å². The van der Waals surface area contributed by atoms with E-state index in [-0.39, 0.29) is 6.09 Å². The molecule has 0 atom stereocenters. The molecule has 0 unspecified atom stereocenters. The summed E-state index contributed by atoms with van der Waals surface area (Å²) in [7, 11) is 0. The zero-order valence-corrected chi connectivity index (χ0v) is 14.5. The molecule has 1 aliphatic heterocycles. The van der Waals surface area contributed by atoms with E-state index in [2.05, 4.69) is 0 Å². The van der Waals surface area contributed by atoms with Crippen LogP contribution in [-0.4, -0.2) is 42.9 Å². The van der Waals surface area contributed by atoms with E-state index in [1.165, 1.54) is 0 Å². The van der Waals surface area contributed by atoms with Crippen LogP contribution in [0, 0.1) is 11.8 Å². The summed E-state index contributed by atoms with van der Waals surface area (Å²) < 4.78 is 23.5. The first-order valence-corrected chi connectivity index (χ1v) is 8.96. The molecule has 0 aromatic rings. The van der Waals surface area contributed by atoms with Gasteiger partial charge in [0.2, 0.25) is 0 Å². The maximum atomic E-state index is 12.0. The normalized spacial score (nSPS) is 23.8. The van der Waals surface area contributed by atoms with Crippen molar-refractivity contribution in [2.75, 3.05) is 13.1 Å². The SMILES string of the molecule is CC(C)(C)OC(=O)N1CCC(C2CC(SO)(SO)C2)CC1. The molecule has 2 rings (SSSR count). The van der Waals surface area contributed by atoms with Gasteiger partial charge in [0.1, 0.15) is 9.68 Å². The Balaban J connectivity index is 1.76. The van der Waals surface area contributed by atoms with E-state index in [9.17, 15) is 13.9 Å². The summed E-state index contributed by atoms with van der Waals surface area (Å²) in [5.41, 5.74) is -0.446. The first-order valence-electron chi connectivity index (χ1n) is 7.42. The van der Waals surface area contributed by atoms with Gasteiger partial charge < -0.3 is 18.7 Å². The lowest BCUT2D eigenvalue weighted by Crippen LogP contribution is -2.47. The van der Waals surface area contributed by atoms with Gasteiger partial charge in [-0.15, -0.1) is 0 Å². The predicted octanol–water partition coefficient (Wildman–Crippen LogP) is 4.15. The highest BCUT2D eigenvalue weighted by Gasteiger charge is 2.49. The van der Waals surface area contributed by atoms with Crippen molar-refractivity contribution in [3.63, 3.8) is 0 Å². The molecule has 1 heterocycles. The van der Waals surface area contributed by atoms with Crippen LogP contribution in [0.5, 0.6) is 0 Å². The van der Waals surface area contributed by atoms with Crippen molar-refractivity contribution in [1.82, 2.24) is 4.90 Å². The molecule has 21 heavy (non-hydrogen) atoms. The fourth-order valence-corrected chi connectivity index (χ4v) is 4.41. The van der Waals surface area contributed by atoms with E-state index in [4.69, 9.17) is 4.74 Å². The molecule has 1 aliphatic carbocycles. The Kier molecular flexibility index (Phi) is 5.39. The molecule has 7 heteroatoms. The molecule has 5 nitrogen and oxygen atoms in total. The van der Waals surface area contributed by atoms with Crippen molar-refractivity contribution >= 4 is 30.2 Å². The average Bonchev–Trinajstić information content (AvgIpc) is 2.37. The molecule has 0 bridgehead atoms. The molecule has 1 amide bonds. The average molecular weight is 335 g/mol. The van der Waals surface area contributed by atoms with Gasteiger partial charge in [0, 0.05) is 37.2 Å². The summed E-state index contributed by atoms with van der Waals surface area (Å²) >= 11 is 1.53. The number of hydrogen-bond acceptors (Lipinski definition) is 6. The number of carbonyl (C=O) groups excluding carboxylic acids is 1. The minimum absolute atomic E-state index is 0.222. The van der Waals surface area contributed by atoms with Crippen LogP contribution in [0.25, 0.3) is 0 Å². The smallest absolute Gasteiger partial charge is 0.410 e. The Labute approximate surface area is 135 Å².